The number of ether oxygens (including phenoxy) is 8. The Labute approximate surface area is 930 Å². The van der Waals surface area contributed by atoms with Crippen LogP contribution in [0.25, 0.3) is 0 Å². The third-order valence-electron chi connectivity index (χ3n) is 14.6. The van der Waals surface area contributed by atoms with Crippen molar-refractivity contribution >= 4 is 47.8 Å². The summed E-state index contributed by atoms with van der Waals surface area (Å²) in [5, 5.41) is 100. The van der Waals surface area contributed by atoms with Gasteiger partial charge in [-0.05, 0) is 95.1 Å². The minimum Gasteiger partial charge on any atom is -0.546 e. The zero-order valence-corrected chi connectivity index (χ0v) is 82.1. The van der Waals surface area contributed by atoms with E-state index in [0.717, 1.165) is 72.8 Å². The van der Waals surface area contributed by atoms with Gasteiger partial charge in [0.1, 0.15) is 122 Å². The summed E-state index contributed by atoms with van der Waals surface area (Å²) in [6.07, 6.45) is 0. The molecule has 8 aromatic rings. The number of carboxylic acid groups (broad SMARTS) is 8. The van der Waals surface area contributed by atoms with E-state index in [0.29, 0.717) is 0 Å². The summed E-state index contributed by atoms with van der Waals surface area (Å²) in [6, 6.07) is 25.3. The van der Waals surface area contributed by atoms with E-state index in [1.165, 1.54) is 72.8 Å². The van der Waals surface area contributed by atoms with E-state index in [9.17, 15) is 79.2 Å². The summed E-state index contributed by atoms with van der Waals surface area (Å²) >= 11 is 0. The second-order valence-electron chi connectivity index (χ2n) is 20.9. The van der Waals surface area contributed by atoms with Gasteiger partial charge in [0.15, 0.2) is 0 Å². The maximum absolute atomic E-state index is 15.4. The van der Waals surface area contributed by atoms with Crippen molar-refractivity contribution in [1.29, 1.82) is 0 Å². The van der Waals surface area contributed by atoms with Crippen LogP contribution in [0, 0.1) is 23.3 Å². The fraction of sp³-hybridized carbons (Fsp3) is 0.176. The molecule has 8 aromatic carbocycles. The molecule has 0 unspecified atom stereocenters. The zero-order valence-electron chi connectivity index (χ0n) is 57.1. The number of aliphatic carboxylic acids is 8. The first-order valence-electron chi connectivity index (χ1n) is 28.2. The maximum Gasteiger partial charge on any atom is 1.00 e. The molecule has 0 N–H and O–H groups in total. The minimum absolute atomic E-state index is 0. The van der Waals surface area contributed by atoms with E-state index in [4.69, 9.17) is 37.9 Å². The van der Waals surface area contributed by atoms with Crippen molar-refractivity contribution in [1.82, 2.24) is 0 Å². The second kappa shape index (κ2) is 49.5. The van der Waals surface area contributed by atoms with Gasteiger partial charge in [-0.15, -0.1) is 0 Å². The second-order valence-corrected chi connectivity index (χ2v) is 20.9. The van der Waals surface area contributed by atoms with Gasteiger partial charge < -0.3 is 117 Å². The molecule has 0 saturated carbocycles. The number of carbonyl (C=O) groups is 8. The molecule has 0 aliphatic heterocycles. The molecule has 0 spiro atoms. The van der Waals surface area contributed by atoms with Gasteiger partial charge in [-0.25, -0.2) is 17.6 Å². The Morgan fingerprint density at radius 2 is 0.337 bits per heavy atom. The molecule has 36 heteroatoms. The molecule has 8 bridgehead atoms. The fourth-order valence-electron chi connectivity index (χ4n) is 11.0. The van der Waals surface area contributed by atoms with Crippen LogP contribution in [0.4, 0.5) is 17.6 Å². The molecule has 0 amide bonds. The Hall–Kier alpha value is 0.731. The Kier molecular flexibility index (Phi) is 48.9. The number of hydrogen-bond donors (Lipinski definition) is 0. The summed E-state index contributed by atoms with van der Waals surface area (Å²) in [5.74, 6) is -30.4. The van der Waals surface area contributed by atoms with Crippen molar-refractivity contribution in [2.45, 2.75) is 23.7 Å². The molecule has 1 aliphatic carbocycles. The number of benzene rings is 8. The van der Waals surface area contributed by atoms with Gasteiger partial charge in [-0.1, -0.05) is 48.5 Å². The van der Waals surface area contributed by atoms with Crippen LogP contribution >= 0.6 is 0 Å². The molecule has 24 nitrogen and oxygen atoms in total. The van der Waals surface area contributed by atoms with Crippen molar-refractivity contribution in [2.24, 2.45) is 0 Å². The van der Waals surface area contributed by atoms with Gasteiger partial charge in [0.25, 0.3) is 0 Å². The number of fused-ring (bicyclic) bond motifs is 8. The first-order valence-corrected chi connectivity index (χ1v) is 28.2. The first-order chi connectivity index (χ1) is 45.8. The van der Waals surface area contributed by atoms with Gasteiger partial charge in [-0.2, -0.15) is 0 Å². The van der Waals surface area contributed by atoms with Crippen molar-refractivity contribution in [2.75, 3.05) is 52.9 Å². The van der Waals surface area contributed by atoms with Crippen molar-refractivity contribution in [3.63, 3.8) is 0 Å². The molecule has 104 heavy (non-hydrogen) atoms. The average molecular weight is 1630 g/mol. The molecular weight excluding hydrogens is 1590 g/mol. The van der Waals surface area contributed by atoms with E-state index >= 15 is 17.6 Å². The summed E-state index contributed by atoms with van der Waals surface area (Å²) < 4.78 is 109. The van der Waals surface area contributed by atoms with E-state index in [-0.39, 0.29) is 478 Å². The van der Waals surface area contributed by atoms with E-state index in [1.807, 2.05) is 0 Å². The minimum atomic E-state index is -1.89. The number of hydrogen-bond acceptors (Lipinski definition) is 24. The monoisotopic (exact) mass is 1630 g/mol. The molecule has 1 aliphatic rings. The Bertz CT molecular complexity index is 3620. The van der Waals surface area contributed by atoms with E-state index < -0.39 is 194 Å². The normalized spacial score (nSPS) is 13.5. The topological polar surface area (TPSA) is 395 Å². The predicted molar refractivity (Wildman–Crippen MR) is 299 cm³/mol. The van der Waals surface area contributed by atoms with Gasteiger partial charge in [0, 0.05) is 92.4 Å². The molecule has 0 saturated heterocycles. The van der Waals surface area contributed by atoms with Crippen LogP contribution in [0.2, 0.25) is 0 Å². The van der Waals surface area contributed by atoms with Gasteiger partial charge in [-0.3, -0.25) is 0 Å². The average Bonchev–Trinajstić information content (AvgIpc) is 0.735. The van der Waals surface area contributed by atoms with Crippen LogP contribution in [0.15, 0.2) is 146 Å². The number of halogens is 4. The maximum atomic E-state index is 15.4. The Morgan fingerprint density at radius 3 is 0.442 bits per heavy atom. The molecule has 0 aromatic heterocycles. The van der Waals surface area contributed by atoms with Gasteiger partial charge in [0.05, 0.1) is 47.8 Å². The van der Waals surface area contributed by atoms with Gasteiger partial charge in [0.2, 0.25) is 0 Å². The predicted octanol–water partition coefficient (Wildman–Crippen LogP) is -25.7. The van der Waals surface area contributed by atoms with Crippen molar-refractivity contribution < 1.29 is 546 Å². The molecule has 9 rings (SSSR count). The standard InChI is InChI=1S/C68H52F4O24.8K/c69-37-9-1-33(2-10-37)65-41-17-43(51(91-27-59(77)78)21-49(41)89-25-57(73)74)66(34-3-11-38(70)12-4-34)45-19-47(55(95-31-63(85)86)23-53(45)93-29-61(81)82)68(36-7-15-40(72)16-8-36)48-20-46(54(94-30-62(83)84)24-56(48)96-32-64(87)88)67(35-5-13-39(71)14-6-35)44-18-42(65)50(90-26-58(75)76)22-52(44)92-28-60(79)80;;;;;;;;/h1-24,65-68H,25-32H2,(H,73,74)(H,75,76)(H,77,78)(H,79,80)(H,81,82)(H,83,84)(H,85,86)(H,87,88);;;;;;;;/q;8*+1/p-8. The molecule has 496 valence electrons. The van der Waals surface area contributed by atoms with Gasteiger partial charge >= 0.3 is 411 Å². The van der Waals surface area contributed by atoms with Crippen LogP contribution in [0.5, 0.6) is 46.0 Å². The van der Waals surface area contributed by atoms with E-state index in [1.54, 1.807) is 0 Å². The summed E-state index contributed by atoms with van der Waals surface area (Å²) in [5.41, 5.74) is -2.87. The summed E-state index contributed by atoms with van der Waals surface area (Å²) in [7, 11) is 0. The van der Waals surface area contributed by atoms with Crippen molar-refractivity contribution in [3.8, 4) is 46.0 Å². The quantitative estimate of drug-likeness (QED) is 0.0324. The Morgan fingerprint density at radius 1 is 0.221 bits per heavy atom. The number of rotatable bonds is 28. The number of carboxylic acids is 8. The SMILES string of the molecule is O=C([O-])COc1cc(OCC(=O)[O-])c2cc1C(c1ccc(F)cc1)c1cc(c(OCC(=O)[O-])cc1OCC(=O)[O-])C(c1ccc(F)cc1)c1cc(c(OCC(=O)[O-])cc1OCC(=O)[O-])C(c1ccc(F)cc1)c1cc(c(OCC(=O)[O-])cc1OCC(=O)[O-])C2c1ccc(F)cc1.[K+].[K+].[K+].[K+].[K+].[K+].[K+].[K+]. The fourth-order valence-corrected chi connectivity index (χ4v) is 11.0. The first kappa shape index (κ1) is 103. The van der Waals surface area contributed by atoms with Crippen LogP contribution in [-0.4, -0.2) is 101 Å². The molecule has 0 fully saturated rings. The van der Waals surface area contributed by atoms with Crippen molar-refractivity contribution in [3.05, 3.63) is 236 Å². The Balaban J connectivity index is 0.00000676. The molecule has 0 radical (unpaired) electrons. The van der Waals surface area contributed by atoms with Crippen LogP contribution in [0.3, 0.4) is 0 Å². The zero-order chi connectivity index (χ0) is 69.1. The largest absolute Gasteiger partial charge is 1.00 e. The summed E-state index contributed by atoms with van der Waals surface area (Å²) in [4.78, 5) is 100. The third-order valence-corrected chi connectivity index (χ3v) is 14.6. The van der Waals surface area contributed by atoms with E-state index in [2.05, 4.69) is 0 Å². The summed E-state index contributed by atoms with van der Waals surface area (Å²) in [6.45, 7) is -10.7. The molecule has 0 atom stereocenters. The molecule has 0 heterocycles. The van der Waals surface area contributed by atoms with Crippen LogP contribution < -0.4 is 490 Å². The van der Waals surface area contributed by atoms with Crippen LogP contribution in [-0.2, 0) is 38.4 Å². The smallest absolute Gasteiger partial charge is 0.546 e. The third kappa shape index (κ3) is 28.6. The van der Waals surface area contributed by atoms with Crippen LogP contribution in [0.1, 0.15) is 90.4 Å². The molecular formula is C68H44F4K8O24. The number of carbonyl (C=O) groups excluding carboxylic acids is 8.